The van der Waals surface area contributed by atoms with E-state index in [-0.39, 0.29) is 28.8 Å². The van der Waals surface area contributed by atoms with E-state index in [2.05, 4.69) is 15.9 Å². The van der Waals surface area contributed by atoms with Crippen molar-refractivity contribution in [2.24, 2.45) is 16.7 Å². The molecule has 1 aromatic carbocycles. The first-order valence-electron chi connectivity index (χ1n) is 11.6. The SMILES string of the molecule is CC(C)COc1ccc2c(=O)cc(C(C)Br)oc2c1COC(=O)C12CCC(C)(C(=O)O1)C2(C)C. The van der Waals surface area contributed by atoms with Gasteiger partial charge in [0.05, 0.1) is 27.8 Å². The van der Waals surface area contributed by atoms with Crippen molar-refractivity contribution in [3.63, 3.8) is 0 Å². The third-order valence-corrected chi connectivity index (χ3v) is 8.15. The van der Waals surface area contributed by atoms with Gasteiger partial charge in [0.15, 0.2) is 5.43 Å². The van der Waals surface area contributed by atoms with Crippen LogP contribution in [0.5, 0.6) is 5.75 Å². The highest BCUT2D eigenvalue weighted by Gasteiger charge is 2.76. The molecule has 2 aliphatic rings. The van der Waals surface area contributed by atoms with Crippen LogP contribution in [-0.4, -0.2) is 24.1 Å². The normalized spacial score (nSPS) is 26.1. The van der Waals surface area contributed by atoms with E-state index < -0.39 is 22.4 Å². The molecule has 2 bridgehead atoms. The molecule has 1 saturated heterocycles. The molecule has 2 aromatic rings. The van der Waals surface area contributed by atoms with Crippen molar-refractivity contribution in [3.05, 3.63) is 39.7 Å². The zero-order chi connectivity index (χ0) is 25.1. The van der Waals surface area contributed by atoms with Gasteiger partial charge in [-0.1, -0.05) is 43.6 Å². The Labute approximate surface area is 207 Å². The average Bonchev–Trinajstić information content (AvgIpc) is 3.06. The lowest BCUT2D eigenvalue weighted by molar-refractivity contribution is -0.184. The molecular weight excluding hydrogens is 504 g/mol. The van der Waals surface area contributed by atoms with Crippen molar-refractivity contribution in [3.8, 4) is 5.75 Å². The second kappa shape index (κ2) is 8.40. The van der Waals surface area contributed by atoms with Gasteiger partial charge in [0.25, 0.3) is 0 Å². The molecule has 1 aliphatic carbocycles. The molecule has 8 heteroatoms. The molecule has 0 spiro atoms. The number of alkyl halides is 1. The Morgan fingerprint density at radius 3 is 2.41 bits per heavy atom. The Kier molecular flexibility index (Phi) is 6.12. The quantitative estimate of drug-likeness (QED) is 0.344. The number of carbonyl (C=O) groups is 2. The first-order chi connectivity index (χ1) is 15.8. The largest absolute Gasteiger partial charge is 0.493 e. The molecule has 0 N–H and O–H groups in total. The highest BCUT2D eigenvalue weighted by Crippen LogP contribution is 2.65. The summed E-state index contributed by atoms with van der Waals surface area (Å²) in [4.78, 5) is 38.6. The molecule has 1 saturated carbocycles. The molecule has 2 heterocycles. The third-order valence-electron chi connectivity index (χ3n) is 7.70. The van der Waals surface area contributed by atoms with Crippen LogP contribution in [0.1, 0.15) is 70.5 Å². The van der Waals surface area contributed by atoms with Gasteiger partial charge < -0.3 is 18.6 Å². The molecule has 184 valence electrons. The van der Waals surface area contributed by atoms with Crippen LogP contribution in [0.25, 0.3) is 11.0 Å². The van der Waals surface area contributed by atoms with E-state index in [1.54, 1.807) is 12.1 Å². The number of hydrogen-bond donors (Lipinski definition) is 0. The third kappa shape index (κ3) is 3.56. The second-order valence-electron chi connectivity index (χ2n) is 10.5. The zero-order valence-electron chi connectivity index (χ0n) is 20.5. The van der Waals surface area contributed by atoms with Gasteiger partial charge in [-0.15, -0.1) is 0 Å². The zero-order valence-corrected chi connectivity index (χ0v) is 22.0. The van der Waals surface area contributed by atoms with Crippen LogP contribution in [0, 0.1) is 16.7 Å². The first-order valence-corrected chi connectivity index (χ1v) is 12.5. The van der Waals surface area contributed by atoms with Gasteiger partial charge in [-0.25, -0.2) is 4.79 Å². The van der Waals surface area contributed by atoms with E-state index in [1.807, 2.05) is 41.5 Å². The predicted molar refractivity (Wildman–Crippen MR) is 130 cm³/mol. The van der Waals surface area contributed by atoms with Gasteiger partial charge in [0, 0.05) is 11.5 Å². The number of esters is 2. The number of ether oxygens (including phenoxy) is 3. The van der Waals surface area contributed by atoms with Crippen LogP contribution in [0.4, 0.5) is 0 Å². The molecule has 4 rings (SSSR count). The van der Waals surface area contributed by atoms with Crippen LogP contribution in [0.15, 0.2) is 27.4 Å². The van der Waals surface area contributed by atoms with Crippen molar-refractivity contribution in [2.45, 2.75) is 71.4 Å². The Morgan fingerprint density at radius 2 is 1.85 bits per heavy atom. The van der Waals surface area contributed by atoms with E-state index in [4.69, 9.17) is 18.6 Å². The number of halogens is 1. The summed E-state index contributed by atoms with van der Waals surface area (Å²) in [6.07, 6.45) is 0.972. The number of hydrogen-bond acceptors (Lipinski definition) is 7. The lowest BCUT2D eigenvalue weighted by Crippen LogP contribution is -2.48. The monoisotopic (exact) mass is 534 g/mol. The summed E-state index contributed by atoms with van der Waals surface area (Å²) in [6.45, 7) is 11.8. The topological polar surface area (TPSA) is 92.0 Å². The predicted octanol–water partition coefficient (Wildman–Crippen LogP) is 5.45. The molecule has 1 aromatic heterocycles. The second-order valence-corrected chi connectivity index (χ2v) is 11.9. The molecule has 3 atom stereocenters. The fraction of sp³-hybridized carbons (Fsp3) is 0.577. The highest BCUT2D eigenvalue weighted by molar-refractivity contribution is 9.09. The molecule has 7 nitrogen and oxygen atoms in total. The van der Waals surface area contributed by atoms with Crippen LogP contribution >= 0.6 is 15.9 Å². The maximum Gasteiger partial charge on any atom is 0.351 e. The molecule has 0 radical (unpaired) electrons. The molecular formula is C26H31BrO7. The summed E-state index contributed by atoms with van der Waals surface area (Å²) >= 11 is 3.45. The number of fused-ring (bicyclic) bond motifs is 3. The van der Waals surface area contributed by atoms with Crippen molar-refractivity contribution in [1.29, 1.82) is 0 Å². The van der Waals surface area contributed by atoms with E-state index in [9.17, 15) is 14.4 Å². The van der Waals surface area contributed by atoms with Crippen LogP contribution in [-0.2, 0) is 25.7 Å². The minimum absolute atomic E-state index is 0.182. The van der Waals surface area contributed by atoms with E-state index >= 15 is 0 Å². The van der Waals surface area contributed by atoms with Gasteiger partial charge in [0.1, 0.15) is 23.7 Å². The van der Waals surface area contributed by atoms with Crippen molar-refractivity contribution < 1.29 is 28.2 Å². The maximum atomic E-state index is 13.4. The number of rotatable bonds is 7. The standard InChI is InChI=1S/C26H31BrO7/c1-14(2)12-31-19-8-7-16-18(28)11-20(15(3)27)33-21(16)17(19)13-32-23(30)26-10-9-25(6,22(29)34-26)24(26,4)5/h7-8,11,14-15H,9-10,12-13H2,1-6H3. The highest BCUT2D eigenvalue weighted by atomic mass is 79.9. The van der Waals surface area contributed by atoms with Gasteiger partial charge in [0.2, 0.25) is 5.60 Å². The van der Waals surface area contributed by atoms with Gasteiger partial charge in [-0.05, 0) is 44.7 Å². The smallest absolute Gasteiger partial charge is 0.351 e. The molecule has 3 unspecified atom stereocenters. The molecule has 1 aliphatic heterocycles. The van der Waals surface area contributed by atoms with Gasteiger partial charge in [-0.3, -0.25) is 9.59 Å². The van der Waals surface area contributed by atoms with Gasteiger partial charge in [-0.2, -0.15) is 0 Å². The van der Waals surface area contributed by atoms with E-state index in [1.165, 1.54) is 6.07 Å². The van der Waals surface area contributed by atoms with Crippen LogP contribution in [0.3, 0.4) is 0 Å². The van der Waals surface area contributed by atoms with E-state index in [0.717, 1.165) is 0 Å². The Bertz CT molecular complexity index is 1210. The summed E-state index contributed by atoms with van der Waals surface area (Å²) in [6, 6.07) is 4.81. The van der Waals surface area contributed by atoms with Crippen LogP contribution < -0.4 is 10.2 Å². The van der Waals surface area contributed by atoms with E-state index in [0.29, 0.717) is 47.5 Å². The van der Waals surface area contributed by atoms with Crippen molar-refractivity contribution in [1.82, 2.24) is 0 Å². The van der Waals surface area contributed by atoms with Gasteiger partial charge >= 0.3 is 11.9 Å². The minimum Gasteiger partial charge on any atom is -0.493 e. The summed E-state index contributed by atoms with van der Waals surface area (Å²) in [5.41, 5.74) is -2.18. The Hall–Kier alpha value is -2.35. The summed E-state index contributed by atoms with van der Waals surface area (Å²) in [5, 5.41) is 0.374. The fourth-order valence-corrected chi connectivity index (χ4v) is 5.18. The first kappa shape index (κ1) is 24.8. The van der Waals surface area contributed by atoms with Crippen molar-refractivity contribution in [2.75, 3.05) is 6.61 Å². The summed E-state index contributed by atoms with van der Waals surface area (Å²) in [7, 11) is 0. The Morgan fingerprint density at radius 1 is 1.15 bits per heavy atom. The lowest BCUT2D eigenvalue weighted by Gasteiger charge is -2.34. The minimum atomic E-state index is -1.33. The fourth-order valence-electron chi connectivity index (χ4n) is 4.96. The molecule has 34 heavy (non-hydrogen) atoms. The molecule has 2 fully saturated rings. The number of benzene rings is 1. The average molecular weight is 535 g/mol. The molecule has 0 amide bonds. The Balaban J connectivity index is 1.73. The summed E-state index contributed by atoms with van der Waals surface area (Å²) in [5.74, 6) is 0.246. The summed E-state index contributed by atoms with van der Waals surface area (Å²) < 4.78 is 23.5. The van der Waals surface area contributed by atoms with Crippen LogP contribution in [0.2, 0.25) is 0 Å². The number of carbonyl (C=O) groups excluding carboxylic acids is 2. The van der Waals surface area contributed by atoms with Crippen molar-refractivity contribution >= 4 is 38.8 Å². The lowest BCUT2D eigenvalue weighted by atomic mass is 9.66. The maximum absolute atomic E-state index is 13.4.